The summed E-state index contributed by atoms with van der Waals surface area (Å²) in [5.41, 5.74) is 0. The summed E-state index contributed by atoms with van der Waals surface area (Å²) in [4.78, 5) is 43.9. The van der Waals surface area contributed by atoms with Crippen LogP contribution in [0, 0.1) is 0 Å². The van der Waals surface area contributed by atoms with Gasteiger partial charge in [-0.2, -0.15) is 0 Å². The summed E-state index contributed by atoms with van der Waals surface area (Å²) in [6.45, 7) is -2.34. The van der Waals surface area contributed by atoms with Gasteiger partial charge in [0.25, 0.3) is 0 Å². The first kappa shape index (κ1) is 19.8. The van der Waals surface area contributed by atoms with Gasteiger partial charge in [0.2, 0.25) is 0 Å². The van der Waals surface area contributed by atoms with Crippen LogP contribution >= 0.6 is 0 Å². The number of hydrogen-bond donors (Lipinski definition) is 2. The molecular formula is C14H20N2O8-2. The first-order chi connectivity index (χ1) is 11.2. The Bertz CT molecular complexity index is 419. The highest BCUT2D eigenvalue weighted by Crippen LogP contribution is 2.15. The van der Waals surface area contributed by atoms with Crippen molar-refractivity contribution in [3.63, 3.8) is 0 Å². The highest BCUT2D eigenvalue weighted by Gasteiger charge is 2.40. The molecule has 1 saturated carbocycles. The minimum absolute atomic E-state index is 0.161. The van der Waals surface area contributed by atoms with Crippen LogP contribution in [0.25, 0.3) is 0 Å². The second kappa shape index (κ2) is 9.18. The monoisotopic (exact) mass is 344 g/mol. The van der Waals surface area contributed by atoms with Crippen molar-refractivity contribution >= 4 is 23.9 Å². The average molecular weight is 344 g/mol. The standard InChI is InChI=1S/C14H22N2O8/c17-11(18)5-15(6-12(19)20)9-3-1-2-4-10(9)16(7-13(21)22)8-14(23)24/h9-10H,1-8H2,(H,17,18)(H,19,20)(H,21,22)(H,23,24)/p-2/t9-,10-/m0/s1. The molecule has 10 nitrogen and oxygen atoms in total. The highest BCUT2D eigenvalue weighted by molar-refractivity contribution is 5.68. The van der Waals surface area contributed by atoms with Crippen LogP contribution in [0.4, 0.5) is 0 Å². The third-order valence-electron chi connectivity index (χ3n) is 4.30. The molecule has 10 heteroatoms. The van der Waals surface area contributed by atoms with E-state index in [-0.39, 0.29) is 9.80 Å². The zero-order chi connectivity index (χ0) is 18.3. The maximum Gasteiger partial charge on any atom is 0.140 e. The van der Waals surface area contributed by atoms with Gasteiger partial charge in [-0.15, -0.1) is 0 Å². The molecule has 0 aromatic heterocycles. The SMILES string of the molecule is O=C([O-])C[NH+](CC(=O)[O-])[C@H]1CCCC[C@@H]1[NH+](CC(=O)[O-])CC(=O)[O-]. The number of carbonyl (C=O) groups excluding carboxylic acids is 4. The zero-order valence-corrected chi connectivity index (χ0v) is 13.1. The van der Waals surface area contributed by atoms with Crippen molar-refractivity contribution < 1.29 is 49.4 Å². The van der Waals surface area contributed by atoms with E-state index >= 15 is 0 Å². The number of carbonyl (C=O) groups is 4. The fourth-order valence-corrected chi connectivity index (χ4v) is 3.50. The van der Waals surface area contributed by atoms with Crippen LogP contribution in [0.2, 0.25) is 0 Å². The predicted molar refractivity (Wildman–Crippen MR) is 67.5 cm³/mol. The lowest BCUT2D eigenvalue weighted by Crippen LogP contribution is -3.28. The number of quaternary nitrogens is 2. The van der Waals surface area contributed by atoms with Gasteiger partial charge in [0, 0.05) is 12.8 Å². The molecule has 0 saturated heterocycles. The molecule has 0 bridgehead atoms. The van der Waals surface area contributed by atoms with E-state index < -0.39 is 62.1 Å². The number of hydrogen-bond acceptors (Lipinski definition) is 8. The number of aliphatic carboxylic acids is 4. The largest absolute Gasteiger partial charge is 0.544 e. The minimum Gasteiger partial charge on any atom is -0.544 e. The lowest BCUT2D eigenvalue weighted by atomic mass is 9.87. The van der Waals surface area contributed by atoms with E-state index in [2.05, 4.69) is 0 Å². The van der Waals surface area contributed by atoms with Gasteiger partial charge in [-0.1, -0.05) is 0 Å². The smallest absolute Gasteiger partial charge is 0.140 e. The summed E-state index contributed by atoms with van der Waals surface area (Å²) in [6, 6.07) is -1.08. The molecule has 0 radical (unpaired) electrons. The molecule has 0 aromatic rings. The molecule has 0 heterocycles. The molecule has 0 unspecified atom stereocenters. The Morgan fingerprint density at radius 2 is 0.875 bits per heavy atom. The fraction of sp³-hybridized carbons (Fsp3) is 0.714. The van der Waals surface area contributed by atoms with Crippen LogP contribution in [-0.4, -0.2) is 62.1 Å². The van der Waals surface area contributed by atoms with Crippen molar-refractivity contribution in [2.45, 2.75) is 37.8 Å². The third-order valence-corrected chi connectivity index (χ3v) is 4.30. The Labute approximate surface area is 138 Å². The molecule has 2 N–H and O–H groups in total. The van der Waals surface area contributed by atoms with Crippen LogP contribution in [-0.2, 0) is 19.2 Å². The Hall–Kier alpha value is -2.20. The minimum atomic E-state index is -1.45. The van der Waals surface area contributed by atoms with Crippen LogP contribution in [0.1, 0.15) is 25.7 Å². The Balaban J connectivity index is 3.03. The van der Waals surface area contributed by atoms with Crippen molar-refractivity contribution in [3.05, 3.63) is 0 Å². The predicted octanol–water partition coefficient (Wildman–Crippen LogP) is -8.93. The lowest BCUT2D eigenvalue weighted by Gasteiger charge is -2.40. The lowest BCUT2D eigenvalue weighted by molar-refractivity contribution is -0.986. The fourth-order valence-electron chi connectivity index (χ4n) is 3.50. The molecule has 1 aliphatic carbocycles. The number of carboxylic acid groups (broad SMARTS) is 4. The Morgan fingerprint density at radius 3 is 1.08 bits per heavy atom. The number of nitrogens with one attached hydrogen (secondary N) is 2. The van der Waals surface area contributed by atoms with Crippen molar-refractivity contribution in [1.82, 2.24) is 0 Å². The molecule has 0 spiro atoms. The van der Waals surface area contributed by atoms with Crippen LogP contribution < -0.4 is 30.2 Å². The van der Waals surface area contributed by atoms with Crippen LogP contribution in [0.3, 0.4) is 0 Å². The van der Waals surface area contributed by atoms with Crippen LogP contribution in [0.15, 0.2) is 0 Å². The molecule has 0 aliphatic heterocycles. The van der Waals surface area contributed by atoms with Crippen molar-refractivity contribution in [3.8, 4) is 0 Å². The molecule has 0 amide bonds. The molecule has 1 aliphatic rings. The van der Waals surface area contributed by atoms with Crippen molar-refractivity contribution in [2.75, 3.05) is 26.2 Å². The Kier molecular flexibility index (Phi) is 7.59. The van der Waals surface area contributed by atoms with E-state index in [9.17, 15) is 39.6 Å². The number of rotatable bonds is 10. The van der Waals surface area contributed by atoms with Gasteiger partial charge >= 0.3 is 0 Å². The van der Waals surface area contributed by atoms with E-state index in [1.807, 2.05) is 0 Å². The van der Waals surface area contributed by atoms with E-state index in [4.69, 9.17) is 0 Å². The van der Waals surface area contributed by atoms with E-state index in [0.717, 1.165) is 0 Å². The Morgan fingerprint density at radius 1 is 0.625 bits per heavy atom. The van der Waals surface area contributed by atoms with Gasteiger partial charge in [0.05, 0.1) is 23.9 Å². The van der Waals surface area contributed by atoms with E-state index in [1.165, 1.54) is 0 Å². The zero-order valence-electron chi connectivity index (χ0n) is 13.1. The summed E-state index contributed by atoms with van der Waals surface area (Å²) in [7, 11) is 0. The summed E-state index contributed by atoms with van der Waals surface area (Å²) in [5, 5.41) is 43.6. The summed E-state index contributed by atoms with van der Waals surface area (Å²) < 4.78 is 0. The van der Waals surface area contributed by atoms with Gasteiger partial charge in [-0.3, -0.25) is 0 Å². The summed E-state index contributed by atoms with van der Waals surface area (Å²) in [6.07, 6.45) is 2.30. The van der Waals surface area contributed by atoms with Gasteiger partial charge in [-0.05, 0) is 12.8 Å². The summed E-state index contributed by atoms with van der Waals surface area (Å²) in [5.74, 6) is -5.79. The topological polar surface area (TPSA) is 169 Å². The normalized spacial score (nSPS) is 20.9. The summed E-state index contributed by atoms with van der Waals surface area (Å²) >= 11 is 0. The van der Waals surface area contributed by atoms with Gasteiger partial charge in [0.1, 0.15) is 38.3 Å². The van der Waals surface area contributed by atoms with E-state index in [1.54, 1.807) is 0 Å². The van der Waals surface area contributed by atoms with Gasteiger partial charge in [-0.25, -0.2) is 0 Å². The first-order valence-corrected chi connectivity index (χ1v) is 7.69. The molecule has 1 rings (SSSR count). The maximum atomic E-state index is 10.9. The molecule has 2 atom stereocenters. The molecular weight excluding hydrogens is 324 g/mol. The van der Waals surface area contributed by atoms with Crippen LogP contribution in [0.5, 0.6) is 0 Å². The average Bonchev–Trinajstić information content (AvgIpc) is 2.44. The highest BCUT2D eigenvalue weighted by atomic mass is 16.4. The van der Waals surface area contributed by atoms with E-state index in [0.29, 0.717) is 25.7 Å². The second-order valence-electron chi connectivity index (χ2n) is 6.01. The van der Waals surface area contributed by atoms with Crippen molar-refractivity contribution in [1.29, 1.82) is 0 Å². The molecule has 1 fully saturated rings. The number of carboxylic acids is 4. The third kappa shape index (κ3) is 6.50. The van der Waals surface area contributed by atoms with Gasteiger partial charge < -0.3 is 49.4 Å². The molecule has 24 heavy (non-hydrogen) atoms. The quantitative estimate of drug-likeness (QED) is 0.393. The second-order valence-corrected chi connectivity index (χ2v) is 6.01. The molecule has 0 aromatic carbocycles. The molecule has 136 valence electrons. The first-order valence-electron chi connectivity index (χ1n) is 7.69. The van der Waals surface area contributed by atoms with Crippen molar-refractivity contribution in [2.24, 2.45) is 0 Å². The maximum absolute atomic E-state index is 10.9. The van der Waals surface area contributed by atoms with Gasteiger partial charge in [0.15, 0.2) is 0 Å².